The summed E-state index contributed by atoms with van der Waals surface area (Å²) in [5.74, 6) is -0.665. The maximum Gasteiger partial charge on any atom is 0.254 e. The molecule has 7 heteroatoms. The van der Waals surface area contributed by atoms with Crippen LogP contribution in [0.2, 0.25) is 0 Å². The Morgan fingerprint density at radius 1 is 1.07 bits per heavy atom. The summed E-state index contributed by atoms with van der Waals surface area (Å²) in [5, 5.41) is 0.547. The molecule has 3 aromatic rings. The number of hydrogen-bond donors (Lipinski definition) is 1. The fourth-order valence-electron chi connectivity index (χ4n) is 4.57. The van der Waals surface area contributed by atoms with Gasteiger partial charge in [0, 0.05) is 31.1 Å². The van der Waals surface area contributed by atoms with Crippen LogP contribution in [0.15, 0.2) is 59.4 Å². The van der Waals surface area contributed by atoms with Crippen molar-refractivity contribution in [2.45, 2.75) is 12.1 Å². The molecule has 5 rings (SSSR count). The Hall–Kier alpha value is -3.03. The highest BCUT2D eigenvalue weighted by molar-refractivity contribution is 6.06. The molecular formula is C23H22FN3O3. The number of carbonyl (C=O) groups excluding carboxylic acids is 1. The molecule has 0 aliphatic carbocycles. The van der Waals surface area contributed by atoms with E-state index in [1.54, 1.807) is 11.0 Å². The van der Waals surface area contributed by atoms with Crippen molar-refractivity contribution in [3.63, 3.8) is 0 Å². The second-order valence-corrected chi connectivity index (χ2v) is 7.84. The third-order valence-electron chi connectivity index (χ3n) is 6.02. The first-order valence-electron chi connectivity index (χ1n) is 10.1. The van der Waals surface area contributed by atoms with Crippen LogP contribution in [0.4, 0.5) is 4.39 Å². The fraction of sp³-hybridized carbons (Fsp3) is 0.304. The zero-order chi connectivity index (χ0) is 20.7. The van der Waals surface area contributed by atoms with Crippen LogP contribution < -0.4 is 5.56 Å². The summed E-state index contributed by atoms with van der Waals surface area (Å²) in [6.07, 6.45) is 0. The molecule has 154 valence electrons. The molecule has 2 atom stereocenters. The zero-order valence-corrected chi connectivity index (χ0v) is 16.4. The maximum absolute atomic E-state index is 13.6. The Labute approximate surface area is 172 Å². The minimum Gasteiger partial charge on any atom is -0.378 e. The van der Waals surface area contributed by atoms with Crippen LogP contribution >= 0.6 is 0 Å². The van der Waals surface area contributed by atoms with E-state index in [2.05, 4.69) is 22.0 Å². The summed E-state index contributed by atoms with van der Waals surface area (Å²) < 4.78 is 19.4. The molecule has 0 spiro atoms. The summed E-state index contributed by atoms with van der Waals surface area (Å²) in [6.45, 7) is 3.02. The Bertz CT molecular complexity index is 1150. The summed E-state index contributed by atoms with van der Waals surface area (Å²) in [6, 6.07) is 15.9. The number of halogens is 1. The number of rotatable bonds is 2. The van der Waals surface area contributed by atoms with E-state index in [-0.39, 0.29) is 18.0 Å². The molecule has 1 aromatic heterocycles. The summed E-state index contributed by atoms with van der Waals surface area (Å²) in [5.41, 5.74) is 1.43. The molecule has 6 nitrogen and oxygen atoms in total. The Kier molecular flexibility index (Phi) is 4.84. The highest BCUT2D eigenvalue weighted by atomic mass is 19.1. The number of ether oxygens (including phenoxy) is 1. The number of aromatic nitrogens is 1. The van der Waals surface area contributed by atoms with Crippen LogP contribution in [-0.2, 0) is 4.74 Å². The second-order valence-electron chi connectivity index (χ2n) is 7.84. The number of benzene rings is 2. The lowest BCUT2D eigenvalue weighted by atomic mass is 9.99. The topological polar surface area (TPSA) is 65.6 Å². The second kappa shape index (κ2) is 7.66. The lowest BCUT2D eigenvalue weighted by Gasteiger charge is -2.48. The number of piperazine rings is 1. The van der Waals surface area contributed by atoms with Gasteiger partial charge in [0.25, 0.3) is 5.91 Å². The third-order valence-corrected chi connectivity index (χ3v) is 6.02. The molecule has 0 saturated carbocycles. The van der Waals surface area contributed by atoms with Gasteiger partial charge in [0.15, 0.2) is 0 Å². The highest BCUT2D eigenvalue weighted by Crippen LogP contribution is 2.30. The van der Waals surface area contributed by atoms with Crippen LogP contribution in [0.5, 0.6) is 0 Å². The Morgan fingerprint density at radius 2 is 1.90 bits per heavy atom. The first-order valence-corrected chi connectivity index (χ1v) is 10.1. The van der Waals surface area contributed by atoms with Gasteiger partial charge in [-0.25, -0.2) is 4.39 Å². The standard InChI is InChI=1S/C23H22FN3O3/c24-16-6-7-18-19(11-22(28)25-20(18)10-16)23(29)26-8-9-27-17(12-26)13-30-14-21(27)15-4-2-1-3-5-15/h1-7,10-11,17,21H,8-9,12-14H2,(H,25,28)/t17-,21-/m1/s1. The number of amides is 1. The van der Waals surface area contributed by atoms with E-state index in [9.17, 15) is 14.0 Å². The van der Waals surface area contributed by atoms with Crippen LogP contribution in [0.3, 0.4) is 0 Å². The van der Waals surface area contributed by atoms with Gasteiger partial charge >= 0.3 is 0 Å². The van der Waals surface area contributed by atoms with Crippen LogP contribution in [0, 0.1) is 5.82 Å². The van der Waals surface area contributed by atoms with Crippen LogP contribution in [0.25, 0.3) is 10.9 Å². The molecule has 2 aromatic carbocycles. The molecule has 30 heavy (non-hydrogen) atoms. The zero-order valence-electron chi connectivity index (χ0n) is 16.4. The number of nitrogens with zero attached hydrogens (tertiary/aromatic N) is 2. The molecule has 2 aliphatic heterocycles. The third kappa shape index (κ3) is 3.40. The number of aromatic amines is 1. The van der Waals surface area contributed by atoms with Gasteiger partial charge in [-0.3, -0.25) is 14.5 Å². The van der Waals surface area contributed by atoms with E-state index in [4.69, 9.17) is 4.74 Å². The predicted molar refractivity (Wildman–Crippen MR) is 111 cm³/mol. The van der Waals surface area contributed by atoms with Crippen molar-refractivity contribution in [1.82, 2.24) is 14.8 Å². The SMILES string of the molecule is O=C(c1cc(=O)[nH]c2cc(F)ccc12)N1CCN2[C@@H](COC[C@@H]2c2ccccc2)C1. The van der Waals surface area contributed by atoms with Crippen molar-refractivity contribution in [3.8, 4) is 0 Å². The lowest BCUT2D eigenvalue weighted by molar-refractivity contribution is -0.0770. The molecule has 3 heterocycles. The number of pyridine rings is 1. The van der Waals surface area contributed by atoms with E-state index >= 15 is 0 Å². The van der Waals surface area contributed by atoms with Gasteiger partial charge in [0.2, 0.25) is 5.56 Å². The minimum absolute atomic E-state index is 0.0901. The van der Waals surface area contributed by atoms with Crippen molar-refractivity contribution in [2.75, 3.05) is 32.8 Å². The largest absolute Gasteiger partial charge is 0.378 e. The quantitative estimate of drug-likeness (QED) is 0.709. The maximum atomic E-state index is 13.6. The van der Waals surface area contributed by atoms with Gasteiger partial charge in [-0.2, -0.15) is 0 Å². The molecule has 2 saturated heterocycles. The molecule has 0 unspecified atom stereocenters. The Balaban J connectivity index is 1.41. The van der Waals surface area contributed by atoms with E-state index in [0.717, 1.165) is 6.54 Å². The number of carbonyl (C=O) groups is 1. The fourth-order valence-corrected chi connectivity index (χ4v) is 4.57. The van der Waals surface area contributed by atoms with E-state index in [0.29, 0.717) is 42.8 Å². The van der Waals surface area contributed by atoms with Crippen LogP contribution in [0.1, 0.15) is 22.0 Å². The van der Waals surface area contributed by atoms with Gasteiger partial charge in [0.05, 0.1) is 36.4 Å². The Morgan fingerprint density at radius 3 is 2.73 bits per heavy atom. The monoisotopic (exact) mass is 407 g/mol. The van der Waals surface area contributed by atoms with E-state index in [1.807, 2.05) is 18.2 Å². The van der Waals surface area contributed by atoms with Gasteiger partial charge in [-0.05, 0) is 23.8 Å². The number of hydrogen-bond acceptors (Lipinski definition) is 4. The van der Waals surface area contributed by atoms with E-state index < -0.39 is 11.4 Å². The van der Waals surface area contributed by atoms with Crippen molar-refractivity contribution in [3.05, 3.63) is 81.9 Å². The first-order chi connectivity index (χ1) is 14.6. The number of fused-ring (bicyclic) bond motifs is 2. The normalized spacial score (nSPS) is 22.1. The molecule has 0 bridgehead atoms. The molecule has 1 amide bonds. The van der Waals surface area contributed by atoms with Crippen LogP contribution in [-0.4, -0.2) is 59.6 Å². The molecule has 2 fully saturated rings. The van der Waals surface area contributed by atoms with Gasteiger partial charge in [0.1, 0.15) is 5.82 Å². The summed E-state index contributed by atoms with van der Waals surface area (Å²) >= 11 is 0. The van der Waals surface area contributed by atoms with E-state index in [1.165, 1.54) is 23.8 Å². The molecule has 2 aliphatic rings. The van der Waals surface area contributed by atoms with Gasteiger partial charge in [-0.15, -0.1) is 0 Å². The number of H-pyrrole nitrogens is 1. The minimum atomic E-state index is -0.456. The highest BCUT2D eigenvalue weighted by Gasteiger charge is 2.38. The van der Waals surface area contributed by atoms with Crippen molar-refractivity contribution in [2.24, 2.45) is 0 Å². The smallest absolute Gasteiger partial charge is 0.254 e. The molecular weight excluding hydrogens is 385 g/mol. The predicted octanol–water partition coefficient (Wildman–Crippen LogP) is 2.57. The van der Waals surface area contributed by atoms with Gasteiger partial charge in [-0.1, -0.05) is 30.3 Å². The molecule has 1 N–H and O–H groups in total. The summed E-state index contributed by atoms with van der Waals surface area (Å²) in [4.78, 5) is 32.1. The van der Waals surface area contributed by atoms with Crippen molar-refractivity contribution in [1.29, 1.82) is 0 Å². The summed E-state index contributed by atoms with van der Waals surface area (Å²) in [7, 11) is 0. The van der Waals surface area contributed by atoms with Crippen molar-refractivity contribution < 1.29 is 13.9 Å². The van der Waals surface area contributed by atoms with Gasteiger partial charge < -0.3 is 14.6 Å². The number of morpholine rings is 1. The van der Waals surface area contributed by atoms with Crippen molar-refractivity contribution >= 4 is 16.8 Å². The lowest BCUT2D eigenvalue weighted by Crippen LogP contribution is -2.60. The molecule has 0 radical (unpaired) electrons. The first kappa shape index (κ1) is 19.0. The number of nitrogens with one attached hydrogen (secondary N) is 1. The average molecular weight is 407 g/mol. The average Bonchev–Trinajstić information content (AvgIpc) is 2.77.